The van der Waals surface area contributed by atoms with Crippen LogP contribution in [0.3, 0.4) is 0 Å². The number of benzene rings is 1. The number of guanidine groups is 1. The lowest BCUT2D eigenvalue weighted by Gasteiger charge is -2.33. The van der Waals surface area contributed by atoms with Crippen molar-refractivity contribution in [3.05, 3.63) is 29.8 Å². The van der Waals surface area contributed by atoms with Gasteiger partial charge in [0.25, 0.3) is 5.91 Å². The molecule has 14 N–H and O–H groups in total. The summed E-state index contributed by atoms with van der Waals surface area (Å²) in [5, 5.41) is 73.0. The molecular formula is C33H49N9O12. The number of aromatic hydroxyl groups is 1. The molecule has 2 fully saturated rings. The van der Waals surface area contributed by atoms with Gasteiger partial charge in [-0.05, 0) is 31.5 Å². The first-order valence-electron chi connectivity index (χ1n) is 17.4. The Kier molecular flexibility index (Phi) is 13.5. The number of aliphatic imine (C=N–C) groups is 1. The first kappa shape index (κ1) is 41.8. The summed E-state index contributed by atoms with van der Waals surface area (Å²) in [7, 11) is 0. The highest BCUT2D eigenvalue weighted by Crippen LogP contribution is 2.26. The monoisotopic (exact) mass is 763 g/mol. The highest BCUT2D eigenvalue weighted by molar-refractivity contribution is 6.02. The minimum absolute atomic E-state index is 0.0859. The van der Waals surface area contributed by atoms with Crippen molar-refractivity contribution in [2.24, 2.45) is 22.4 Å². The van der Waals surface area contributed by atoms with E-state index in [1.54, 1.807) is 6.92 Å². The van der Waals surface area contributed by atoms with Gasteiger partial charge in [0.2, 0.25) is 29.5 Å². The number of phenols is 1. The molecule has 0 radical (unpaired) electrons. The molecule has 0 spiro atoms. The van der Waals surface area contributed by atoms with E-state index >= 15 is 0 Å². The van der Waals surface area contributed by atoms with Gasteiger partial charge in [0.1, 0.15) is 42.0 Å². The fraction of sp³-hybridized carbons (Fsp3) is 0.606. The third-order valence-corrected chi connectivity index (χ3v) is 9.63. The lowest BCUT2D eigenvalue weighted by Crippen LogP contribution is -2.64. The Labute approximate surface area is 309 Å². The predicted octanol–water partition coefficient (Wildman–Crippen LogP) is -6.55. The van der Waals surface area contributed by atoms with Crippen molar-refractivity contribution in [3.63, 3.8) is 0 Å². The molecule has 0 aromatic heterocycles. The summed E-state index contributed by atoms with van der Waals surface area (Å²) in [4.78, 5) is 87.7. The maximum Gasteiger partial charge on any atom is 0.252 e. The Balaban J connectivity index is 1.78. The molecule has 1 aromatic carbocycles. The summed E-state index contributed by atoms with van der Waals surface area (Å²) in [5.41, 5.74) is 12.2. The fourth-order valence-electron chi connectivity index (χ4n) is 6.59. The molecule has 4 rings (SSSR count). The van der Waals surface area contributed by atoms with Crippen molar-refractivity contribution in [1.82, 2.24) is 31.1 Å². The molecule has 6 amide bonds. The van der Waals surface area contributed by atoms with Crippen LogP contribution in [0, 0.1) is 5.92 Å². The van der Waals surface area contributed by atoms with Crippen molar-refractivity contribution in [1.29, 1.82) is 0 Å². The number of nitrogens with one attached hydrogen (secondary N) is 4. The van der Waals surface area contributed by atoms with Crippen molar-refractivity contribution in [2.75, 3.05) is 19.6 Å². The van der Waals surface area contributed by atoms with E-state index in [-0.39, 0.29) is 25.1 Å². The summed E-state index contributed by atoms with van der Waals surface area (Å²) < 4.78 is 0. The minimum atomic E-state index is -1.88. The fourth-order valence-corrected chi connectivity index (χ4v) is 6.59. The average molecular weight is 764 g/mol. The quantitative estimate of drug-likeness (QED) is 0.133. The van der Waals surface area contributed by atoms with E-state index in [4.69, 9.17) is 11.5 Å². The van der Waals surface area contributed by atoms with Crippen molar-refractivity contribution >= 4 is 41.4 Å². The van der Waals surface area contributed by atoms with Crippen LogP contribution in [0.25, 0.3) is 0 Å². The summed E-state index contributed by atoms with van der Waals surface area (Å²) in [5.74, 6) is -7.54. The van der Waals surface area contributed by atoms with E-state index in [0.29, 0.717) is 5.56 Å². The zero-order valence-corrected chi connectivity index (χ0v) is 29.9. The van der Waals surface area contributed by atoms with Gasteiger partial charge in [-0.2, -0.15) is 0 Å². The van der Waals surface area contributed by atoms with Crippen LogP contribution < -0.4 is 32.7 Å². The van der Waals surface area contributed by atoms with E-state index in [1.165, 1.54) is 38.1 Å². The number of aliphatic hydroxyl groups is 5. The predicted molar refractivity (Wildman–Crippen MR) is 186 cm³/mol. The number of phenolic OH excluding ortho intramolecular Hbond substituents is 1. The number of nitrogens with two attached hydrogens (primary N) is 2. The summed E-state index contributed by atoms with van der Waals surface area (Å²) in [6, 6.07) is -4.40. The number of hydrogen-bond donors (Lipinski definition) is 12. The van der Waals surface area contributed by atoms with Crippen LogP contribution in [0.2, 0.25) is 0 Å². The summed E-state index contributed by atoms with van der Waals surface area (Å²) >= 11 is 0. The second-order valence-corrected chi connectivity index (χ2v) is 14.0. The van der Waals surface area contributed by atoms with Crippen LogP contribution in [-0.2, 0) is 35.2 Å². The molecule has 298 valence electrons. The number of carbonyl (C=O) groups excluding carboxylic acids is 6. The van der Waals surface area contributed by atoms with Crippen LogP contribution in [0.15, 0.2) is 29.3 Å². The summed E-state index contributed by atoms with van der Waals surface area (Å²) in [6.45, 7) is 2.73. The maximum absolute atomic E-state index is 14.0. The molecule has 2 saturated heterocycles. The number of hydrogen-bond acceptors (Lipinski definition) is 15. The molecule has 0 saturated carbocycles. The third-order valence-electron chi connectivity index (χ3n) is 9.63. The number of fused-ring (bicyclic) bond motifs is 2. The lowest BCUT2D eigenvalue weighted by molar-refractivity contribution is -0.146. The van der Waals surface area contributed by atoms with Crippen LogP contribution in [0.1, 0.15) is 32.8 Å². The van der Waals surface area contributed by atoms with Crippen molar-refractivity contribution in [2.45, 2.75) is 100 Å². The van der Waals surface area contributed by atoms with Gasteiger partial charge in [0.05, 0.1) is 37.1 Å². The van der Waals surface area contributed by atoms with Crippen LogP contribution in [-0.4, -0.2) is 168 Å². The molecule has 54 heavy (non-hydrogen) atoms. The van der Waals surface area contributed by atoms with Gasteiger partial charge in [-0.1, -0.05) is 19.1 Å². The Hall–Kier alpha value is -4.93. The third kappa shape index (κ3) is 9.59. The van der Waals surface area contributed by atoms with Crippen molar-refractivity contribution in [3.8, 4) is 5.75 Å². The molecule has 3 heterocycles. The second kappa shape index (κ2) is 17.5. The molecule has 2 unspecified atom stereocenters. The maximum atomic E-state index is 14.0. The summed E-state index contributed by atoms with van der Waals surface area (Å²) in [6.07, 6.45) is -8.25. The van der Waals surface area contributed by atoms with Gasteiger partial charge in [-0.3, -0.25) is 39.1 Å². The van der Waals surface area contributed by atoms with Gasteiger partial charge < -0.3 is 67.9 Å². The molecule has 21 nitrogen and oxygen atoms in total. The van der Waals surface area contributed by atoms with Gasteiger partial charge in [-0.15, -0.1) is 0 Å². The van der Waals surface area contributed by atoms with Crippen LogP contribution in [0.4, 0.5) is 0 Å². The van der Waals surface area contributed by atoms with Gasteiger partial charge in [0.15, 0.2) is 5.96 Å². The first-order valence-corrected chi connectivity index (χ1v) is 17.4. The lowest BCUT2D eigenvalue weighted by atomic mass is 9.99. The molecule has 0 bridgehead atoms. The zero-order valence-electron chi connectivity index (χ0n) is 29.9. The molecule has 21 heteroatoms. The van der Waals surface area contributed by atoms with E-state index in [1.807, 2.05) is 0 Å². The Morgan fingerprint density at radius 2 is 1.37 bits per heavy atom. The smallest absolute Gasteiger partial charge is 0.252 e. The Morgan fingerprint density at radius 1 is 0.815 bits per heavy atom. The van der Waals surface area contributed by atoms with Gasteiger partial charge in [-0.25, -0.2) is 0 Å². The van der Waals surface area contributed by atoms with Gasteiger partial charge >= 0.3 is 0 Å². The highest BCUT2D eigenvalue weighted by atomic mass is 16.3. The molecule has 1 aromatic rings. The minimum Gasteiger partial charge on any atom is -0.508 e. The first-order chi connectivity index (χ1) is 25.3. The van der Waals surface area contributed by atoms with E-state index in [9.17, 15) is 59.4 Å². The molecule has 3 aliphatic rings. The van der Waals surface area contributed by atoms with E-state index < -0.39 is 127 Å². The van der Waals surface area contributed by atoms with Gasteiger partial charge in [0, 0.05) is 31.8 Å². The number of carbonyl (C=O) groups is 6. The Morgan fingerprint density at radius 3 is 1.96 bits per heavy atom. The van der Waals surface area contributed by atoms with E-state index in [0.717, 1.165) is 9.80 Å². The largest absolute Gasteiger partial charge is 0.508 e. The topological polar surface area (TPSA) is 343 Å². The number of amides is 6. The zero-order chi connectivity index (χ0) is 40.2. The standard InChI is InChI=1S/C33H49N9O12/c1-13-11-42-25(26(13)48)30(52)40-33(35)36-10-19(34)27(49)37-22(14(2)43)31(53)41-12-18(46)9-20(41)28(50)39-24(29(51)38-23(15(3)44)32(42)54)21(47)8-16-4-6-17(45)7-5-16/h4-7,13-15,18-26,43-48H,8-12,34H2,1-3H3,(H,37,49)(H,38,51)(H,39,50)(H3,35,36,40,52)/t13-,14?,15?,18+,19-,20-,21+,22-,23-,24-,25-,26-/m0/s1. The number of rotatable bonds is 5. The van der Waals surface area contributed by atoms with Crippen LogP contribution >= 0.6 is 0 Å². The molecule has 0 aliphatic carbocycles. The molecular weight excluding hydrogens is 714 g/mol. The van der Waals surface area contributed by atoms with Crippen LogP contribution in [0.5, 0.6) is 5.75 Å². The number of nitrogens with zero attached hydrogens (tertiary/aromatic N) is 3. The normalized spacial score (nSPS) is 32.5. The Bertz CT molecular complexity index is 1610. The van der Waals surface area contributed by atoms with Crippen molar-refractivity contribution < 1.29 is 59.4 Å². The SMILES string of the molecule is CC(O)[C@@H]1NC(=O)[C@H]([C@H](O)Cc2ccc(O)cc2)NC(=O)[C@@H]2C[C@@H](O)CN2C(=O)[C@H](C(C)O)NC(=O)[C@@H](N)CN=C(N)NC(=O)[C@@H]2[C@@H](O)[C@@H](C)CN2C1=O. The molecule has 3 aliphatic heterocycles. The average Bonchev–Trinajstić information content (AvgIpc) is 3.65. The second-order valence-electron chi connectivity index (χ2n) is 14.0. The molecule has 12 atom stereocenters. The number of aliphatic hydroxyl groups excluding tert-OH is 5. The highest BCUT2D eigenvalue weighted by Gasteiger charge is 2.49. The van der Waals surface area contributed by atoms with E-state index in [2.05, 4.69) is 26.3 Å².